The van der Waals surface area contributed by atoms with E-state index in [1.165, 1.54) is 12.8 Å². The maximum Gasteiger partial charge on any atom is 0.411 e. The second-order valence-electron chi connectivity index (χ2n) is 7.59. The number of amides is 2. The molecule has 0 atom stereocenters. The minimum atomic E-state index is -0.505. The fraction of sp³-hybridized carbons (Fsp3) is 0.250. The summed E-state index contributed by atoms with van der Waals surface area (Å²) in [5.41, 5.74) is 2.58. The summed E-state index contributed by atoms with van der Waals surface area (Å²) >= 11 is 1.63. The molecule has 2 aromatic carbocycles. The lowest BCUT2D eigenvalue weighted by Crippen LogP contribution is -2.37. The Morgan fingerprint density at radius 3 is 2.56 bits per heavy atom. The Labute approximate surface area is 191 Å². The van der Waals surface area contributed by atoms with Crippen LogP contribution in [0.1, 0.15) is 23.2 Å². The van der Waals surface area contributed by atoms with E-state index in [4.69, 9.17) is 10.6 Å². The van der Waals surface area contributed by atoms with E-state index in [0.717, 1.165) is 35.1 Å². The number of nitrogens with two attached hydrogens (primary N) is 1. The lowest BCUT2D eigenvalue weighted by Gasteiger charge is -2.18. The zero-order chi connectivity index (χ0) is 22.3. The van der Waals surface area contributed by atoms with Gasteiger partial charge in [-0.1, -0.05) is 18.2 Å². The van der Waals surface area contributed by atoms with Crippen LogP contribution in [0, 0.1) is 0 Å². The number of ether oxygens (including phenoxy) is 1. The predicted octanol–water partition coefficient (Wildman–Crippen LogP) is 4.58. The standard InChI is InChI=1S/C24H26N4O3S/c25-28(21-6-3-5-19(17-21)22-7-4-16-32-22)23(29)18-8-10-20(11-9-18)26-24(30)31-15-14-27-12-1-2-13-27/h3-11,16-17H,1-2,12-15,25H2,(H,26,30). The Bertz CT molecular complexity index is 1050. The lowest BCUT2D eigenvalue weighted by atomic mass is 10.1. The first-order valence-electron chi connectivity index (χ1n) is 10.6. The second kappa shape index (κ2) is 10.4. The first-order valence-corrected chi connectivity index (χ1v) is 11.5. The number of anilines is 2. The molecule has 1 aliphatic heterocycles. The van der Waals surface area contributed by atoms with Gasteiger partial charge < -0.3 is 4.74 Å². The minimum Gasteiger partial charge on any atom is -0.448 e. The molecule has 1 fully saturated rings. The quantitative estimate of drug-likeness (QED) is 0.313. The highest BCUT2D eigenvalue weighted by Crippen LogP contribution is 2.28. The predicted molar refractivity (Wildman–Crippen MR) is 128 cm³/mol. The summed E-state index contributed by atoms with van der Waals surface area (Å²) in [7, 11) is 0. The summed E-state index contributed by atoms with van der Waals surface area (Å²) in [6, 6.07) is 18.1. The van der Waals surface area contributed by atoms with Gasteiger partial charge in [-0.2, -0.15) is 0 Å². The number of nitrogens with one attached hydrogen (secondary N) is 1. The van der Waals surface area contributed by atoms with Crippen LogP contribution in [0.15, 0.2) is 66.0 Å². The van der Waals surface area contributed by atoms with Crippen LogP contribution in [0.4, 0.5) is 16.2 Å². The number of likely N-dealkylation sites (tertiary alicyclic amines) is 1. The van der Waals surface area contributed by atoms with E-state index in [1.807, 2.05) is 35.7 Å². The van der Waals surface area contributed by atoms with Crippen molar-refractivity contribution in [3.05, 3.63) is 71.6 Å². The van der Waals surface area contributed by atoms with Gasteiger partial charge >= 0.3 is 6.09 Å². The summed E-state index contributed by atoms with van der Waals surface area (Å²) in [5, 5.41) is 5.82. The summed E-state index contributed by atoms with van der Waals surface area (Å²) in [6.45, 7) is 3.24. The Kier molecular flexibility index (Phi) is 7.16. The Hall–Kier alpha value is -3.20. The summed E-state index contributed by atoms with van der Waals surface area (Å²) < 4.78 is 5.24. The summed E-state index contributed by atoms with van der Waals surface area (Å²) in [6.07, 6.45) is 1.91. The van der Waals surface area contributed by atoms with E-state index in [9.17, 15) is 9.59 Å². The number of nitrogens with zero attached hydrogens (tertiary/aromatic N) is 2. The van der Waals surface area contributed by atoms with Crippen molar-refractivity contribution in [2.24, 2.45) is 5.84 Å². The molecule has 0 saturated carbocycles. The van der Waals surface area contributed by atoms with Gasteiger partial charge in [0, 0.05) is 22.7 Å². The van der Waals surface area contributed by atoms with Crippen LogP contribution in [0.2, 0.25) is 0 Å². The Morgan fingerprint density at radius 1 is 1.06 bits per heavy atom. The first-order chi connectivity index (χ1) is 15.6. The largest absolute Gasteiger partial charge is 0.448 e. The van der Waals surface area contributed by atoms with E-state index >= 15 is 0 Å². The van der Waals surface area contributed by atoms with Gasteiger partial charge in [0.25, 0.3) is 5.91 Å². The Balaban J connectivity index is 1.32. The molecule has 3 aromatic rings. The minimum absolute atomic E-state index is 0.340. The topological polar surface area (TPSA) is 87.9 Å². The lowest BCUT2D eigenvalue weighted by molar-refractivity contribution is 0.0987. The van der Waals surface area contributed by atoms with Gasteiger partial charge in [-0.05, 0) is 79.3 Å². The molecule has 2 amide bonds. The molecule has 0 spiro atoms. The third kappa shape index (κ3) is 5.53. The van der Waals surface area contributed by atoms with Crippen LogP contribution in [0.25, 0.3) is 10.4 Å². The average Bonchev–Trinajstić information content (AvgIpc) is 3.53. The van der Waals surface area contributed by atoms with Crippen molar-refractivity contribution in [3.63, 3.8) is 0 Å². The molecule has 166 valence electrons. The molecule has 4 rings (SSSR count). The zero-order valence-corrected chi connectivity index (χ0v) is 18.5. The van der Waals surface area contributed by atoms with Crippen molar-refractivity contribution in [3.8, 4) is 10.4 Å². The van der Waals surface area contributed by atoms with Crippen molar-refractivity contribution >= 4 is 34.7 Å². The fourth-order valence-electron chi connectivity index (χ4n) is 3.63. The maximum absolute atomic E-state index is 12.8. The number of carbonyl (C=O) groups excluding carboxylic acids is 2. The first kappa shape index (κ1) is 22.0. The van der Waals surface area contributed by atoms with Crippen LogP contribution in [0.3, 0.4) is 0 Å². The SMILES string of the molecule is NN(C(=O)c1ccc(NC(=O)OCCN2CCCC2)cc1)c1cccc(-c2cccs2)c1. The average molecular weight is 451 g/mol. The van der Waals surface area contributed by atoms with Crippen LogP contribution >= 0.6 is 11.3 Å². The number of hydrogen-bond acceptors (Lipinski definition) is 6. The third-order valence-electron chi connectivity index (χ3n) is 5.37. The molecule has 0 bridgehead atoms. The van der Waals surface area contributed by atoms with E-state index in [-0.39, 0.29) is 5.91 Å². The molecule has 1 aliphatic rings. The summed E-state index contributed by atoms with van der Waals surface area (Å²) in [4.78, 5) is 28.2. The number of rotatable bonds is 7. The molecular formula is C24H26N4O3S. The number of hydrogen-bond donors (Lipinski definition) is 2. The molecule has 2 heterocycles. The van der Waals surface area contributed by atoms with Gasteiger partial charge in [-0.25, -0.2) is 15.6 Å². The zero-order valence-electron chi connectivity index (χ0n) is 17.7. The second-order valence-corrected chi connectivity index (χ2v) is 8.54. The third-order valence-corrected chi connectivity index (χ3v) is 6.29. The number of benzene rings is 2. The molecule has 0 aliphatic carbocycles. The van der Waals surface area contributed by atoms with Crippen molar-refractivity contribution < 1.29 is 14.3 Å². The molecule has 1 aromatic heterocycles. The molecule has 1 saturated heterocycles. The van der Waals surface area contributed by atoms with Crippen LogP contribution in [-0.2, 0) is 4.74 Å². The molecule has 3 N–H and O–H groups in total. The smallest absolute Gasteiger partial charge is 0.411 e. The van der Waals surface area contributed by atoms with Crippen LogP contribution < -0.4 is 16.2 Å². The van der Waals surface area contributed by atoms with Crippen molar-refractivity contribution in [1.29, 1.82) is 0 Å². The number of carbonyl (C=O) groups is 2. The van der Waals surface area contributed by atoms with Gasteiger partial charge in [0.1, 0.15) is 6.61 Å². The normalized spacial score (nSPS) is 13.7. The molecule has 7 nitrogen and oxygen atoms in total. The van der Waals surface area contributed by atoms with Crippen LogP contribution in [-0.4, -0.2) is 43.1 Å². The number of hydrazine groups is 1. The molecule has 0 radical (unpaired) electrons. The van der Waals surface area contributed by atoms with Crippen molar-refractivity contribution in [1.82, 2.24) is 4.90 Å². The van der Waals surface area contributed by atoms with E-state index in [1.54, 1.807) is 41.7 Å². The van der Waals surface area contributed by atoms with Crippen molar-refractivity contribution in [2.75, 3.05) is 36.6 Å². The highest BCUT2D eigenvalue weighted by Gasteiger charge is 2.16. The molecule has 0 unspecified atom stereocenters. The molecular weight excluding hydrogens is 424 g/mol. The van der Waals surface area contributed by atoms with E-state index in [0.29, 0.717) is 23.5 Å². The van der Waals surface area contributed by atoms with Gasteiger partial charge in [-0.3, -0.25) is 15.0 Å². The van der Waals surface area contributed by atoms with Gasteiger partial charge in [0.2, 0.25) is 0 Å². The fourth-order valence-corrected chi connectivity index (χ4v) is 4.36. The monoisotopic (exact) mass is 450 g/mol. The van der Waals surface area contributed by atoms with Gasteiger partial charge in [-0.15, -0.1) is 11.3 Å². The molecule has 32 heavy (non-hydrogen) atoms. The number of thiophene rings is 1. The highest BCUT2D eigenvalue weighted by molar-refractivity contribution is 7.13. The van der Waals surface area contributed by atoms with Crippen molar-refractivity contribution in [2.45, 2.75) is 12.8 Å². The summed E-state index contributed by atoms with van der Waals surface area (Å²) in [5.74, 6) is 5.77. The molecule has 8 heteroatoms. The van der Waals surface area contributed by atoms with Gasteiger partial charge in [0.15, 0.2) is 0 Å². The van der Waals surface area contributed by atoms with Gasteiger partial charge in [0.05, 0.1) is 5.69 Å². The van der Waals surface area contributed by atoms with E-state index < -0.39 is 6.09 Å². The van der Waals surface area contributed by atoms with Crippen LogP contribution in [0.5, 0.6) is 0 Å². The maximum atomic E-state index is 12.8. The highest BCUT2D eigenvalue weighted by atomic mass is 32.1. The van der Waals surface area contributed by atoms with E-state index in [2.05, 4.69) is 10.2 Å². The Morgan fingerprint density at radius 2 is 1.84 bits per heavy atom.